The number of hydrogen-bond acceptors (Lipinski definition) is 3. The van der Waals surface area contributed by atoms with Gasteiger partial charge in [-0.15, -0.1) is 0 Å². The molecular weight excluding hydrogens is 218 g/mol. The van der Waals surface area contributed by atoms with Gasteiger partial charge in [-0.25, -0.2) is 4.79 Å². The molecule has 1 heterocycles. The summed E-state index contributed by atoms with van der Waals surface area (Å²) in [7, 11) is 0. The fraction of sp³-hybridized carbons (Fsp3) is 0.692. The van der Waals surface area contributed by atoms with Crippen LogP contribution in [0, 0.1) is 11.8 Å². The van der Waals surface area contributed by atoms with Crippen molar-refractivity contribution in [1.29, 1.82) is 0 Å². The standard InChI is InChI=1S/C13H19NO3/c1-8(2)9-3-5-10(6-4-9)12-11(13(15)16)7-17-14-12/h7-10H,3-6H2,1-2H3,(H,15,16). The number of carbonyl (C=O) groups is 1. The first-order chi connectivity index (χ1) is 8.09. The summed E-state index contributed by atoms with van der Waals surface area (Å²) in [6.07, 6.45) is 5.61. The van der Waals surface area contributed by atoms with Crippen LogP contribution in [0.2, 0.25) is 0 Å². The first-order valence-electron chi connectivity index (χ1n) is 6.27. The van der Waals surface area contributed by atoms with Gasteiger partial charge < -0.3 is 9.63 Å². The Bertz CT molecular complexity index is 389. The maximum Gasteiger partial charge on any atom is 0.340 e. The van der Waals surface area contributed by atoms with Crippen LogP contribution in [0.15, 0.2) is 10.8 Å². The Kier molecular flexibility index (Phi) is 3.50. The molecule has 1 aliphatic rings. The lowest BCUT2D eigenvalue weighted by Crippen LogP contribution is -2.19. The molecule has 0 amide bonds. The Balaban J connectivity index is 2.05. The SMILES string of the molecule is CC(C)C1CCC(c2nocc2C(=O)O)CC1. The highest BCUT2D eigenvalue weighted by molar-refractivity contribution is 5.88. The highest BCUT2D eigenvalue weighted by atomic mass is 16.5. The molecule has 0 bridgehead atoms. The van der Waals surface area contributed by atoms with E-state index in [0.717, 1.165) is 31.6 Å². The van der Waals surface area contributed by atoms with Gasteiger partial charge in [0.25, 0.3) is 0 Å². The minimum absolute atomic E-state index is 0.234. The molecule has 1 aromatic heterocycles. The molecule has 4 nitrogen and oxygen atoms in total. The summed E-state index contributed by atoms with van der Waals surface area (Å²) in [6, 6.07) is 0. The molecule has 0 aromatic carbocycles. The molecule has 1 aromatic rings. The number of rotatable bonds is 3. The fourth-order valence-electron chi connectivity index (χ4n) is 2.76. The van der Waals surface area contributed by atoms with E-state index in [1.54, 1.807) is 0 Å². The molecule has 4 heteroatoms. The number of aromatic carboxylic acids is 1. The molecule has 1 N–H and O–H groups in total. The Morgan fingerprint density at radius 2 is 2.06 bits per heavy atom. The third kappa shape index (κ3) is 2.51. The number of aromatic nitrogens is 1. The van der Waals surface area contributed by atoms with E-state index in [0.29, 0.717) is 11.6 Å². The normalized spacial score (nSPS) is 25.1. The van der Waals surface area contributed by atoms with Gasteiger partial charge >= 0.3 is 5.97 Å². The zero-order chi connectivity index (χ0) is 12.4. The van der Waals surface area contributed by atoms with Crippen molar-refractivity contribution >= 4 is 5.97 Å². The first kappa shape index (κ1) is 12.1. The van der Waals surface area contributed by atoms with Gasteiger partial charge in [0.15, 0.2) is 0 Å². The van der Waals surface area contributed by atoms with Gasteiger partial charge in [-0.1, -0.05) is 19.0 Å². The molecule has 0 aliphatic heterocycles. The van der Waals surface area contributed by atoms with E-state index in [4.69, 9.17) is 9.63 Å². The number of nitrogens with zero attached hydrogens (tertiary/aromatic N) is 1. The van der Waals surface area contributed by atoms with Crippen molar-refractivity contribution in [3.8, 4) is 0 Å². The molecule has 0 spiro atoms. The van der Waals surface area contributed by atoms with Crippen molar-refractivity contribution in [3.05, 3.63) is 17.5 Å². The highest BCUT2D eigenvalue weighted by Gasteiger charge is 2.29. The zero-order valence-corrected chi connectivity index (χ0v) is 10.3. The minimum Gasteiger partial charge on any atom is -0.478 e. The topological polar surface area (TPSA) is 63.3 Å². The first-order valence-corrected chi connectivity index (χ1v) is 6.27. The molecule has 0 unspecified atom stereocenters. The van der Waals surface area contributed by atoms with Crippen LogP contribution in [-0.2, 0) is 0 Å². The van der Waals surface area contributed by atoms with Crippen LogP contribution < -0.4 is 0 Å². The Morgan fingerprint density at radius 1 is 1.41 bits per heavy atom. The second-order valence-electron chi connectivity index (χ2n) is 5.27. The van der Waals surface area contributed by atoms with Gasteiger partial charge in [-0.3, -0.25) is 0 Å². The lowest BCUT2D eigenvalue weighted by atomic mass is 9.75. The molecule has 0 radical (unpaired) electrons. The van der Waals surface area contributed by atoms with Crippen molar-refractivity contribution in [3.63, 3.8) is 0 Å². The summed E-state index contributed by atoms with van der Waals surface area (Å²) in [4.78, 5) is 11.0. The fourth-order valence-corrected chi connectivity index (χ4v) is 2.76. The van der Waals surface area contributed by atoms with Crippen LogP contribution in [0.3, 0.4) is 0 Å². The van der Waals surface area contributed by atoms with Crippen molar-refractivity contribution in [2.75, 3.05) is 0 Å². The van der Waals surface area contributed by atoms with Crippen LogP contribution in [0.25, 0.3) is 0 Å². The van der Waals surface area contributed by atoms with Crippen LogP contribution in [0.5, 0.6) is 0 Å². The van der Waals surface area contributed by atoms with Crippen molar-refractivity contribution in [2.45, 2.75) is 45.4 Å². The van der Waals surface area contributed by atoms with Crippen molar-refractivity contribution in [2.24, 2.45) is 11.8 Å². The van der Waals surface area contributed by atoms with Gasteiger partial charge in [0.05, 0.1) is 0 Å². The maximum absolute atomic E-state index is 11.0. The van der Waals surface area contributed by atoms with Gasteiger partial charge in [0.1, 0.15) is 17.5 Å². The monoisotopic (exact) mass is 237 g/mol. The molecule has 1 aliphatic carbocycles. The molecule has 2 rings (SSSR count). The second kappa shape index (κ2) is 4.90. The molecule has 0 atom stereocenters. The van der Waals surface area contributed by atoms with Crippen LogP contribution in [0.4, 0.5) is 0 Å². The van der Waals surface area contributed by atoms with E-state index in [2.05, 4.69) is 19.0 Å². The lowest BCUT2D eigenvalue weighted by Gasteiger charge is -2.29. The van der Waals surface area contributed by atoms with E-state index < -0.39 is 5.97 Å². The van der Waals surface area contributed by atoms with Gasteiger partial charge in [0.2, 0.25) is 0 Å². The van der Waals surface area contributed by atoms with E-state index >= 15 is 0 Å². The van der Waals surface area contributed by atoms with Gasteiger partial charge in [-0.05, 0) is 37.5 Å². The number of carboxylic acid groups (broad SMARTS) is 1. The number of hydrogen-bond donors (Lipinski definition) is 1. The average molecular weight is 237 g/mol. The summed E-state index contributed by atoms with van der Waals surface area (Å²) in [5.74, 6) is 0.806. The van der Waals surface area contributed by atoms with Gasteiger partial charge in [0, 0.05) is 5.92 Å². The van der Waals surface area contributed by atoms with Crippen molar-refractivity contribution in [1.82, 2.24) is 5.16 Å². The van der Waals surface area contributed by atoms with E-state index in [-0.39, 0.29) is 11.5 Å². The summed E-state index contributed by atoms with van der Waals surface area (Å²) < 4.78 is 4.80. The minimum atomic E-state index is -0.938. The Hall–Kier alpha value is -1.32. The molecule has 1 fully saturated rings. The molecule has 0 saturated heterocycles. The van der Waals surface area contributed by atoms with Crippen molar-refractivity contribution < 1.29 is 14.4 Å². The third-order valence-electron chi connectivity index (χ3n) is 3.93. The molecule has 94 valence electrons. The molecule has 17 heavy (non-hydrogen) atoms. The summed E-state index contributed by atoms with van der Waals surface area (Å²) in [6.45, 7) is 4.51. The van der Waals surface area contributed by atoms with Crippen LogP contribution >= 0.6 is 0 Å². The summed E-state index contributed by atoms with van der Waals surface area (Å²) in [5.41, 5.74) is 0.873. The van der Waals surface area contributed by atoms with Gasteiger partial charge in [-0.2, -0.15) is 0 Å². The third-order valence-corrected chi connectivity index (χ3v) is 3.93. The largest absolute Gasteiger partial charge is 0.478 e. The van der Waals surface area contributed by atoms with Crippen LogP contribution in [0.1, 0.15) is 61.5 Å². The quantitative estimate of drug-likeness (QED) is 0.876. The van der Waals surface area contributed by atoms with E-state index in [9.17, 15) is 4.79 Å². The highest BCUT2D eigenvalue weighted by Crippen LogP contribution is 2.39. The smallest absolute Gasteiger partial charge is 0.340 e. The molecule has 1 saturated carbocycles. The second-order valence-corrected chi connectivity index (χ2v) is 5.27. The summed E-state index contributed by atoms with van der Waals surface area (Å²) in [5, 5.41) is 12.9. The lowest BCUT2D eigenvalue weighted by molar-refractivity contribution is 0.0694. The number of carboxylic acids is 1. The Labute approximate surface area is 101 Å². The molecular formula is C13H19NO3. The summed E-state index contributed by atoms with van der Waals surface area (Å²) >= 11 is 0. The Morgan fingerprint density at radius 3 is 2.59 bits per heavy atom. The van der Waals surface area contributed by atoms with Crippen LogP contribution in [-0.4, -0.2) is 16.2 Å². The maximum atomic E-state index is 11.0. The average Bonchev–Trinajstić information content (AvgIpc) is 2.78. The van der Waals surface area contributed by atoms with E-state index in [1.807, 2.05) is 0 Å². The predicted octanol–water partition coefficient (Wildman–Crippen LogP) is 3.30. The zero-order valence-electron chi connectivity index (χ0n) is 10.3. The predicted molar refractivity (Wildman–Crippen MR) is 63.0 cm³/mol. The van der Waals surface area contributed by atoms with E-state index in [1.165, 1.54) is 6.26 Å².